The maximum Gasteiger partial charge on any atom is 0.324 e. The van der Waals surface area contributed by atoms with Crippen LogP contribution < -0.4 is 22.1 Å². The summed E-state index contributed by atoms with van der Waals surface area (Å²) < 4.78 is 28.9. The van der Waals surface area contributed by atoms with Gasteiger partial charge in [0.15, 0.2) is 0 Å². The summed E-state index contributed by atoms with van der Waals surface area (Å²) in [6, 6.07) is 5.97. The largest absolute Gasteiger partial charge is 0.350 e. The molecule has 0 aromatic heterocycles. The zero-order valence-corrected chi connectivity index (χ0v) is 22.4. The van der Waals surface area contributed by atoms with Gasteiger partial charge in [-0.1, -0.05) is 30.3 Å². The van der Waals surface area contributed by atoms with Crippen LogP contribution >= 0.6 is 24.8 Å². The molecule has 0 saturated carbocycles. The van der Waals surface area contributed by atoms with Crippen LogP contribution in [0.25, 0.3) is 0 Å². The predicted octanol–water partition coefficient (Wildman–Crippen LogP) is 1.35. The van der Waals surface area contributed by atoms with E-state index in [0.29, 0.717) is 45.2 Å². The van der Waals surface area contributed by atoms with E-state index in [4.69, 9.17) is 11.5 Å². The van der Waals surface area contributed by atoms with Gasteiger partial charge in [-0.05, 0) is 50.6 Å². The van der Waals surface area contributed by atoms with Crippen LogP contribution in [-0.4, -0.2) is 72.1 Å². The van der Waals surface area contributed by atoms with E-state index in [2.05, 4.69) is 5.32 Å². The van der Waals surface area contributed by atoms with Crippen molar-refractivity contribution >= 4 is 48.3 Å². The minimum Gasteiger partial charge on any atom is -0.350 e. The van der Waals surface area contributed by atoms with Gasteiger partial charge in [0.25, 0.3) is 0 Å². The lowest BCUT2D eigenvalue weighted by Crippen LogP contribution is -2.57. The zero-order valence-electron chi connectivity index (χ0n) is 20.8. The molecular formula is C24H37Cl2F2N5O4. The van der Waals surface area contributed by atoms with Gasteiger partial charge in [-0.3, -0.25) is 19.2 Å². The van der Waals surface area contributed by atoms with Crippen molar-refractivity contribution < 1.29 is 28.0 Å². The van der Waals surface area contributed by atoms with E-state index in [1.165, 1.54) is 4.90 Å². The Balaban J connectivity index is 0.00000648. The molecule has 1 unspecified atom stereocenters. The topological polar surface area (TPSA) is 148 Å². The van der Waals surface area contributed by atoms with Crippen LogP contribution in [-0.2, 0) is 25.6 Å². The second-order valence-corrected chi connectivity index (χ2v) is 8.81. The molecule has 9 nitrogen and oxygen atoms in total. The first-order valence-electron chi connectivity index (χ1n) is 11.8. The lowest BCUT2D eigenvalue weighted by Gasteiger charge is -2.29. The number of nitrogens with one attached hydrogen (secondary N) is 2. The molecule has 1 heterocycles. The number of alkyl halides is 2. The Labute approximate surface area is 228 Å². The molecule has 3 amide bonds. The number of Topliss-reactive ketones (excluding diaryl/α,β-unsaturated/α-hetero) is 1. The summed E-state index contributed by atoms with van der Waals surface area (Å²) in [5.41, 5.74) is 12.5. The number of carbonyl (C=O) groups is 4. The first-order chi connectivity index (χ1) is 16.6. The van der Waals surface area contributed by atoms with Gasteiger partial charge in [0.1, 0.15) is 6.04 Å². The average Bonchev–Trinajstić information content (AvgIpc) is 3.32. The van der Waals surface area contributed by atoms with Crippen LogP contribution in [0.2, 0.25) is 0 Å². The lowest BCUT2D eigenvalue weighted by molar-refractivity contribution is -0.148. The normalized spacial score (nSPS) is 16.6. The molecule has 37 heavy (non-hydrogen) atoms. The Hall–Kier alpha value is -2.34. The van der Waals surface area contributed by atoms with Crippen molar-refractivity contribution in [1.29, 1.82) is 0 Å². The summed E-state index contributed by atoms with van der Waals surface area (Å²) in [4.78, 5) is 51.0. The van der Waals surface area contributed by atoms with Gasteiger partial charge in [-0.2, -0.15) is 8.78 Å². The number of amides is 3. The maximum absolute atomic E-state index is 14.5. The molecule has 2 rings (SSSR count). The first kappa shape index (κ1) is 34.7. The summed E-state index contributed by atoms with van der Waals surface area (Å²) in [6.07, 6.45) is 1.97. The third-order valence-corrected chi connectivity index (χ3v) is 5.95. The van der Waals surface area contributed by atoms with Gasteiger partial charge < -0.3 is 27.0 Å². The van der Waals surface area contributed by atoms with Gasteiger partial charge in [-0.25, -0.2) is 0 Å². The van der Waals surface area contributed by atoms with Crippen molar-refractivity contribution in [2.24, 2.45) is 11.5 Å². The number of halogens is 4. The molecule has 13 heteroatoms. The molecule has 1 aromatic carbocycles. The molecule has 6 N–H and O–H groups in total. The molecular weight excluding hydrogens is 531 g/mol. The molecule has 0 aliphatic carbocycles. The number of benzene rings is 1. The molecule has 0 spiro atoms. The Morgan fingerprint density at radius 2 is 1.78 bits per heavy atom. The van der Waals surface area contributed by atoms with Gasteiger partial charge in [0.2, 0.25) is 23.5 Å². The van der Waals surface area contributed by atoms with Gasteiger partial charge in [0.05, 0.1) is 18.6 Å². The first-order valence-corrected chi connectivity index (χ1v) is 11.8. The molecule has 1 aliphatic rings. The molecule has 0 bridgehead atoms. The molecule has 1 fully saturated rings. The second kappa shape index (κ2) is 16.5. The fourth-order valence-electron chi connectivity index (χ4n) is 4.08. The van der Waals surface area contributed by atoms with E-state index >= 15 is 0 Å². The standard InChI is InChI=1S/C24H35F2N5O4.2ClH/c1-16(32)29-15-24(25,26)21(33)19(10-5-6-12-27)30-22(34)20-11-7-13-31(20)23(35)18(28)14-17-8-3-2-4-9-17;;/h2-4,8-9,18-20H,5-7,10-15,27-28H2,1H3,(H,29,32)(H,30,34);2*1H/t18-,19?,20+;;/m1../s1. The van der Waals surface area contributed by atoms with Gasteiger partial charge in [0, 0.05) is 13.5 Å². The van der Waals surface area contributed by atoms with Crippen molar-refractivity contribution in [3.8, 4) is 0 Å². The van der Waals surface area contributed by atoms with Crippen LogP contribution in [0, 0.1) is 0 Å². The SMILES string of the molecule is CC(=O)NCC(F)(F)C(=O)C(CCCCN)NC(=O)[C@@H]1CCCN1C(=O)[C@H](N)Cc1ccccc1.Cl.Cl. The summed E-state index contributed by atoms with van der Waals surface area (Å²) >= 11 is 0. The number of hydrogen-bond acceptors (Lipinski definition) is 6. The number of hydrogen-bond donors (Lipinski definition) is 4. The lowest BCUT2D eigenvalue weighted by atomic mass is 9.99. The third kappa shape index (κ3) is 10.5. The van der Waals surface area contributed by atoms with Crippen LogP contribution in [0.5, 0.6) is 0 Å². The molecule has 3 atom stereocenters. The van der Waals surface area contributed by atoms with Crippen LogP contribution in [0.15, 0.2) is 30.3 Å². The third-order valence-electron chi connectivity index (χ3n) is 5.95. The van der Waals surface area contributed by atoms with E-state index in [0.717, 1.165) is 12.5 Å². The maximum atomic E-state index is 14.5. The second-order valence-electron chi connectivity index (χ2n) is 8.81. The molecule has 210 valence electrons. The number of likely N-dealkylation sites (tertiary alicyclic amines) is 1. The Morgan fingerprint density at radius 1 is 1.14 bits per heavy atom. The minimum atomic E-state index is -3.87. The minimum absolute atomic E-state index is 0. The highest BCUT2D eigenvalue weighted by Gasteiger charge is 2.45. The van der Waals surface area contributed by atoms with Crippen molar-refractivity contribution in [1.82, 2.24) is 15.5 Å². The monoisotopic (exact) mass is 567 g/mol. The van der Waals surface area contributed by atoms with E-state index < -0.39 is 54.1 Å². The van der Waals surface area contributed by atoms with E-state index in [1.54, 1.807) is 0 Å². The summed E-state index contributed by atoms with van der Waals surface area (Å²) in [5.74, 6) is -7.14. The van der Waals surface area contributed by atoms with Crippen molar-refractivity contribution in [2.45, 2.75) is 69.5 Å². The summed E-state index contributed by atoms with van der Waals surface area (Å²) in [7, 11) is 0. The average molecular weight is 568 g/mol. The zero-order chi connectivity index (χ0) is 26.0. The number of unbranched alkanes of at least 4 members (excludes halogenated alkanes) is 1. The Kier molecular flexibility index (Phi) is 15.4. The highest BCUT2D eigenvalue weighted by Crippen LogP contribution is 2.22. The number of carbonyl (C=O) groups excluding carboxylic acids is 4. The number of nitrogens with zero attached hydrogens (tertiary/aromatic N) is 1. The number of rotatable bonds is 13. The van der Waals surface area contributed by atoms with Crippen molar-refractivity contribution in [3.05, 3.63) is 35.9 Å². The fourth-order valence-corrected chi connectivity index (χ4v) is 4.08. The van der Waals surface area contributed by atoms with Crippen LogP contribution in [0.4, 0.5) is 8.78 Å². The molecule has 1 aliphatic heterocycles. The Bertz CT molecular complexity index is 895. The van der Waals surface area contributed by atoms with E-state index in [1.807, 2.05) is 35.6 Å². The van der Waals surface area contributed by atoms with Crippen LogP contribution in [0.1, 0.15) is 44.6 Å². The van der Waals surface area contributed by atoms with Crippen LogP contribution in [0.3, 0.4) is 0 Å². The number of nitrogens with two attached hydrogens (primary N) is 2. The number of ketones is 1. The van der Waals surface area contributed by atoms with E-state index in [-0.39, 0.29) is 31.2 Å². The fraction of sp³-hybridized carbons (Fsp3) is 0.583. The van der Waals surface area contributed by atoms with Gasteiger partial charge >= 0.3 is 5.92 Å². The van der Waals surface area contributed by atoms with Gasteiger partial charge in [-0.15, -0.1) is 24.8 Å². The molecule has 1 aromatic rings. The highest BCUT2D eigenvalue weighted by molar-refractivity contribution is 5.96. The quantitative estimate of drug-likeness (QED) is 0.264. The summed E-state index contributed by atoms with van der Waals surface area (Å²) in [6.45, 7) is 0.521. The highest BCUT2D eigenvalue weighted by atomic mass is 35.5. The molecule has 0 radical (unpaired) electrons. The van der Waals surface area contributed by atoms with E-state index in [9.17, 15) is 28.0 Å². The smallest absolute Gasteiger partial charge is 0.324 e. The Morgan fingerprint density at radius 3 is 2.38 bits per heavy atom. The van der Waals surface area contributed by atoms with Crippen molar-refractivity contribution in [2.75, 3.05) is 19.6 Å². The summed E-state index contributed by atoms with van der Waals surface area (Å²) in [5, 5.41) is 4.37. The predicted molar refractivity (Wildman–Crippen MR) is 141 cm³/mol. The molecule has 1 saturated heterocycles. The van der Waals surface area contributed by atoms with Crippen molar-refractivity contribution in [3.63, 3.8) is 0 Å².